The van der Waals surface area contributed by atoms with Gasteiger partial charge in [-0.05, 0) is 31.0 Å². The molecule has 0 aliphatic carbocycles. The first-order valence-electron chi connectivity index (χ1n) is 6.55. The summed E-state index contributed by atoms with van der Waals surface area (Å²) in [7, 11) is 1.36. The first-order chi connectivity index (χ1) is 9.52. The molecular formula is C14H19N3O3. The molecule has 1 unspecified atom stereocenters. The second-order valence-electron chi connectivity index (χ2n) is 4.96. The number of hydrogen-bond acceptors (Lipinski definition) is 5. The van der Waals surface area contributed by atoms with Crippen LogP contribution in [0.5, 0.6) is 0 Å². The van der Waals surface area contributed by atoms with Gasteiger partial charge in [0.15, 0.2) is 0 Å². The van der Waals surface area contributed by atoms with E-state index in [0.717, 1.165) is 12.8 Å². The van der Waals surface area contributed by atoms with Crippen LogP contribution >= 0.6 is 0 Å². The van der Waals surface area contributed by atoms with Crippen LogP contribution in [0.4, 0.5) is 11.4 Å². The van der Waals surface area contributed by atoms with Gasteiger partial charge in [-0.3, -0.25) is 9.59 Å². The van der Waals surface area contributed by atoms with Crippen LogP contribution in [-0.4, -0.2) is 37.0 Å². The van der Waals surface area contributed by atoms with Crippen LogP contribution in [-0.2, 0) is 9.53 Å². The molecule has 1 saturated heterocycles. The van der Waals surface area contributed by atoms with Crippen molar-refractivity contribution in [1.82, 2.24) is 4.90 Å². The van der Waals surface area contributed by atoms with Crippen LogP contribution in [0.1, 0.15) is 23.2 Å². The monoisotopic (exact) mass is 277 g/mol. The van der Waals surface area contributed by atoms with Gasteiger partial charge < -0.3 is 21.1 Å². The van der Waals surface area contributed by atoms with Crippen molar-refractivity contribution in [3.05, 3.63) is 23.8 Å². The molecule has 0 aromatic heterocycles. The van der Waals surface area contributed by atoms with Crippen molar-refractivity contribution in [3.8, 4) is 0 Å². The van der Waals surface area contributed by atoms with Crippen molar-refractivity contribution < 1.29 is 14.3 Å². The Morgan fingerprint density at radius 3 is 2.75 bits per heavy atom. The molecule has 1 amide bonds. The average molecular weight is 277 g/mol. The summed E-state index contributed by atoms with van der Waals surface area (Å²) in [6.07, 6.45) is 1.52. The number of esters is 1. The largest absolute Gasteiger partial charge is 0.469 e. The lowest BCUT2D eigenvalue weighted by Gasteiger charge is -2.31. The SMILES string of the molecule is COC(=O)C1CCCN(C(=O)c2ccc(N)cc2N)C1. The highest BCUT2D eigenvalue weighted by molar-refractivity contribution is 6.00. The zero-order chi connectivity index (χ0) is 14.7. The number of nitrogen functional groups attached to an aromatic ring is 2. The number of anilines is 2. The maximum absolute atomic E-state index is 12.4. The van der Waals surface area contributed by atoms with E-state index in [9.17, 15) is 9.59 Å². The molecule has 20 heavy (non-hydrogen) atoms. The topological polar surface area (TPSA) is 98.6 Å². The minimum atomic E-state index is -0.271. The smallest absolute Gasteiger partial charge is 0.310 e. The minimum Gasteiger partial charge on any atom is -0.469 e. The molecule has 1 aliphatic rings. The minimum absolute atomic E-state index is 0.170. The normalized spacial score (nSPS) is 18.6. The molecule has 108 valence electrons. The molecule has 0 bridgehead atoms. The molecule has 1 heterocycles. The maximum atomic E-state index is 12.4. The Labute approximate surface area is 117 Å². The van der Waals surface area contributed by atoms with Gasteiger partial charge in [-0.25, -0.2) is 0 Å². The molecule has 0 spiro atoms. The lowest BCUT2D eigenvalue weighted by molar-refractivity contribution is -0.146. The summed E-state index contributed by atoms with van der Waals surface area (Å²) in [6.45, 7) is 0.992. The number of benzene rings is 1. The highest BCUT2D eigenvalue weighted by atomic mass is 16.5. The van der Waals surface area contributed by atoms with Gasteiger partial charge in [-0.15, -0.1) is 0 Å². The number of hydrogen-bond donors (Lipinski definition) is 2. The van der Waals surface area contributed by atoms with Gasteiger partial charge in [0.1, 0.15) is 0 Å². The molecule has 1 atom stereocenters. The van der Waals surface area contributed by atoms with Crippen molar-refractivity contribution in [2.45, 2.75) is 12.8 Å². The van der Waals surface area contributed by atoms with Crippen LogP contribution in [0.3, 0.4) is 0 Å². The van der Waals surface area contributed by atoms with E-state index in [1.54, 1.807) is 23.1 Å². The Bertz CT molecular complexity index is 530. The average Bonchev–Trinajstić information content (AvgIpc) is 2.46. The molecule has 0 saturated carbocycles. The van der Waals surface area contributed by atoms with E-state index in [0.29, 0.717) is 30.0 Å². The number of nitrogens with two attached hydrogens (primary N) is 2. The molecule has 1 aromatic rings. The predicted molar refractivity (Wildman–Crippen MR) is 75.9 cm³/mol. The summed E-state index contributed by atoms with van der Waals surface area (Å²) in [4.78, 5) is 25.7. The maximum Gasteiger partial charge on any atom is 0.310 e. The fraction of sp³-hybridized carbons (Fsp3) is 0.429. The van der Waals surface area contributed by atoms with Crippen molar-refractivity contribution in [3.63, 3.8) is 0 Å². The number of methoxy groups -OCH3 is 1. The van der Waals surface area contributed by atoms with Crippen molar-refractivity contribution in [2.24, 2.45) is 5.92 Å². The van der Waals surface area contributed by atoms with Crippen molar-refractivity contribution in [2.75, 3.05) is 31.7 Å². The second-order valence-corrected chi connectivity index (χ2v) is 4.96. The van der Waals surface area contributed by atoms with E-state index in [2.05, 4.69) is 0 Å². The summed E-state index contributed by atoms with van der Waals surface area (Å²) >= 11 is 0. The van der Waals surface area contributed by atoms with E-state index in [-0.39, 0.29) is 17.8 Å². The Hall–Kier alpha value is -2.24. The quantitative estimate of drug-likeness (QED) is 0.617. The summed E-state index contributed by atoms with van der Waals surface area (Å²) in [6, 6.07) is 4.83. The van der Waals surface area contributed by atoms with Crippen molar-refractivity contribution >= 4 is 23.3 Å². The Balaban J connectivity index is 2.14. The van der Waals surface area contributed by atoms with Gasteiger partial charge in [0.05, 0.1) is 18.6 Å². The number of amides is 1. The lowest BCUT2D eigenvalue weighted by atomic mass is 9.97. The van der Waals surface area contributed by atoms with Crippen LogP contribution < -0.4 is 11.5 Å². The Kier molecular flexibility index (Phi) is 4.12. The zero-order valence-electron chi connectivity index (χ0n) is 11.5. The van der Waals surface area contributed by atoms with E-state index < -0.39 is 0 Å². The van der Waals surface area contributed by atoms with Gasteiger partial charge in [0.2, 0.25) is 0 Å². The number of carbonyl (C=O) groups is 2. The van der Waals surface area contributed by atoms with Crippen molar-refractivity contribution in [1.29, 1.82) is 0 Å². The molecule has 6 nitrogen and oxygen atoms in total. The predicted octanol–water partition coefficient (Wildman–Crippen LogP) is 0.876. The van der Waals surface area contributed by atoms with Gasteiger partial charge in [-0.2, -0.15) is 0 Å². The molecular weight excluding hydrogens is 258 g/mol. The standard InChI is InChI=1S/C14H19N3O3/c1-20-14(19)9-3-2-6-17(8-9)13(18)11-5-4-10(15)7-12(11)16/h4-5,7,9H,2-3,6,8,15-16H2,1H3. The molecule has 1 aromatic carbocycles. The number of piperidine rings is 1. The van der Waals surface area contributed by atoms with Crippen LogP contribution in [0, 0.1) is 5.92 Å². The molecule has 1 fully saturated rings. The number of ether oxygens (including phenoxy) is 1. The number of likely N-dealkylation sites (tertiary alicyclic amines) is 1. The third kappa shape index (κ3) is 2.84. The summed E-state index contributed by atoms with van der Waals surface area (Å²) in [5.74, 6) is -0.698. The first-order valence-corrected chi connectivity index (χ1v) is 6.55. The van der Waals surface area contributed by atoms with E-state index in [1.165, 1.54) is 7.11 Å². The molecule has 1 aliphatic heterocycles. The number of rotatable bonds is 2. The fourth-order valence-corrected chi connectivity index (χ4v) is 2.47. The fourth-order valence-electron chi connectivity index (χ4n) is 2.47. The van der Waals surface area contributed by atoms with Gasteiger partial charge >= 0.3 is 5.97 Å². The van der Waals surface area contributed by atoms with E-state index in [4.69, 9.17) is 16.2 Å². The van der Waals surface area contributed by atoms with Crippen LogP contribution in [0.15, 0.2) is 18.2 Å². The summed E-state index contributed by atoms with van der Waals surface area (Å²) in [5.41, 5.74) is 12.7. The number of carbonyl (C=O) groups excluding carboxylic acids is 2. The summed E-state index contributed by atoms with van der Waals surface area (Å²) in [5, 5.41) is 0. The van der Waals surface area contributed by atoms with Gasteiger partial charge in [-0.1, -0.05) is 0 Å². The molecule has 6 heteroatoms. The van der Waals surface area contributed by atoms with Crippen LogP contribution in [0.25, 0.3) is 0 Å². The zero-order valence-corrected chi connectivity index (χ0v) is 11.5. The second kappa shape index (κ2) is 5.81. The van der Waals surface area contributed by atoms with E-state index >= 15 is 0 Å². The summed E-state index contributed by atoms with van der Waals surface area (Å²) < 4.78 is 4.74. The lowest BCUT2D eigenvalue weighted by Crippen LogP contribution is -2.42. The number of nitrogens with zero attached hydrogens (tertiary/aromatic N) is 1. The molecule has 2 rings (SSSR count). The third-order valence-electron chi connectivity index (χ3n) is 3.55. The van der Waals surface area contributed by atoms with Gasteiger partial charge in [0.25, 0.3) is 5.91 Å². The highest BCUT2D eigenvalue weighted by Crippen LogP contribution is 2.23. The van der Waals surface area contributed by atoms with Crippen LogP contribution in [0.2, 0.25) is 0 Å². The Morgan fingerprint density at radius 1 is 1.35 bits per heavy atom. The first kappa shape index (κ1) is 14.2. The molecule has 4 N–H and O–H groups in total. The highest BCUT2D eigenvalue weighted by Gasteiger charge is 2.30. The Morgan fingerprint density at radius 2 is 2.10 bits per heavy atom. The van der Waals surface area contributed by atoms with Gasteiger partial charge in [0, 0.05) is 24.5 Å². The molecule has 0 radical (unpaired) electrons. The van der Waals surface area contributed by atoms with E-state index in [1.807, 2.05) is 0 Å². The third-order valence-corrected chi connectivity index (χ3v) is 3.55.